The Bertz CT molecular complexity index is 785. The van der Waals surface area contributed by atoms with Crippen LogP contribution in [-0.4, -0.2) is 44.8 Å². The van der Waals surface area contributed by atoms with Gasteiger partial charge in [-0.05, 0) is 6.07 Å². The van der Waals surface area contributed by atoms with E-state index in [0.717, 1.165) is 4.57 Å². The van der Waals surface area contributed by atoms with Crippen molar-refractivity contribution in [3.05, 3.63) is 22.7 Å². The lowest BCUT2D eigenvalue weighted by Crippen LogP contribution is -2.44. The summed E-state index contributed by atoms with van der Waals surface area (Å²) in [5, 5.41) is 22.2. The number of aromatic nitrogens is 2. The maximum atomic E-state index is 12.2. The fourth-order valence-electron chi connectivity index (χ4n) is 2.59. The molecule has 0 aromatic carbocycles. The molecule has 1 aromatic heterocycles. The summed E-state index contributed by atoms with van der Waals surface area (Å²) in [4.78, 5) is 37.9. The summed E-state index contributed by atoms with van der Waals surface area (Å²) < 4.78 is 11.5. The van der Waals surface area contributed by atoms with Crippen molar-refractivity contribution < 1.29 is 24.2 Å². The van der Waals surface area contributed by atoms with Gasteiger partial charge in [-0.25, -0.2) is 4.79 Å². The molecule has 0 spiro atoms. The van der Waals surface area contributed by atoms with Gasteiger partial charge >= 0.3 is 11.7 Å². The molecular weight excluding hydrogens is 332 g/mol. The Labute approximate surface area is 143 Å². The highest BCUT2D eigenvalue weighted by Crippen LogP contribution is 2.40. The molecule has 25 heavy (non-hydrogen) atoms. The largest absolute Gasteiger partial charge is 0.462 e. The van der Waals surface area contributed by atoms with E-state index in [-0.39, 0.29) is 11.7 Å². The summed E-state index contributed by atoms with van der Waals surface area (Å²) in [6.07, 6.45) is -0.936. The van der Waals surface area contributed by atoms with Gasteiger partial charge in [0.15, 0.2) is 0 Å². The Hall–Kier alpha value is -2.77. The minimum absolute atomic E-state index is 0.0754. The zero-order valence-corrected chi connectivity index (χ0v) is 13.9. The van der Waals surface area contributed by atoms with E-state index in [1.54, 1.807) is 6.92 Å². The van der Waals surface area contributed by atoms with Crippen LogP contribution in [0.5, 0.6) is 0 Å². The van der Waals surface area contributed by atoms with Crippen LogP contribution in [0.2, 0.25) is 0 Å². The van der Waals surface area contributed by atoms with Crippen molar-refractivity contribution in [3.8, 4) is 6.07 Å². The topological polar surface area (TPSA) is 144 Å². The monoisotopic (exact) mass is 350 g/mol. The number of nitriles is 1. The summed E-state index contributed by atoms with van der Waals surface area (Å²) in [5.74, 6) is -1.58. The SMILES string of the molecule is CC(=O)Nc1ccn(C2OC(C#N)(COC(C)=O)C(O)C2C)c(=O)n1. The number of hydrogen-bond acceptors (Lipinski definition) is 8. The predicted octanol–water partition coefficient (Wildman–Crippen LogP) is -0.447. The van der Waals surface area contributed by atoms with E-state index in [9.17, 15) is 24.8 Å². The minimum atomic E-state index is -1.79. The number of nitrogens with zero attached hydrogens (tertiary/aromatic N) is 3. The highest BCUT2D eigenvalue weighted by atomic mass is 16.6. The average Bonchev–Trinajstić information content (AvgIpc) is 2.78. The molecule has 1 aromatic rings. The van der Waals surface area contributed by atoms with Gasteiger partial charge in [-0.1, -0.05) is 6.92 Å². The predicted molar refractivity (Wildman–Crippen MR) is 83.1 cm³/mol. The molecule has 1 fully saturated rings. The van der Waals surface area contributed by atoms with Crippen LogP contribution in [0.25, 0.3) is 0 Å². The number of aliphatic hydroxyl groups is 1. The van der Waals surface area contributed by atoms with Crippen LogP contribution in [-0.2, 0) is 19.1 Å². The molecule has 4 atom stereocenters. The summed E-state index contributed by atoms with van der Waals surface area (Å²) >= 11 is 0. The maximum absolute atomic E-state index is 12.2. The fourth-order valence-corrected chi connectivity index (χ4v) is 2.59. The Kier molecular flexibility index (Phi) is 5.20. The van der Waals surface area contributed by atoms with E-state index in [1.807, 2.05) is 6.07 Å². The second kappa shape index (κ2) is 7.00. The molecule has 10 heteroatoms. The Morgan fingerprint density at radius 1 is 1.56 bits per heavy atom. The third-order valence-corrected chi connectivity index (χ3v) is 3.84. The summed E-state index contributed by atoms with van der Waals surface area (Å²) in [7, 11) is 0. The van der Waals surface area contributed by atoms with E-state index < -0.39 is 42.1 Å². The van der Waals surface area contributed by atoms with Crippen LogP contribution in [0.1, 0.15) is 27.0 Å². The van der Waals surface area contributed by atoms with Crippen molar-refractivity contribution in [2.45, 2.75) is 38.7 Å². The second-order valence-electron chi connectivity index (χ2n) is 5.78. The number of carbonyl (C=O) groups is 2. The zero-order valence-electron chi connectivity index (χ0n) is 13.9. The van der Waals surface area contributed by atoms with Crippen molar-refractivity contribution in [2.24, 2.45) is 5.92 Å². The van der Waals surface area contributed by atoms with E-state index in [2.05, 4.69) is 10.3 Å². The van der Waals surface area contributed by atoms with Crippen LogP contribution in [0.3, 0.4) is 0 Å². The van der Waals surface area contributed by atoms with Crippen LogP contribution in [0, 0.1) is 17.2 Å². The molecule has 0 radical (unpaired) electrons. The number of carbonyl (C=O) groups excluding carboxylic acids is 2. The van der Waals surface area contributed by atoms with E-state index >= 15 is 0 Å². The normalized spacial score (nSPS) is 28.2. The molecule has 0 aliphatic carbocycles. The van der Waals surface area contributed by atoms with Crippen molar-refractivity contribution in [2.75, 3.05) is 11.9 Å². The molecule has 1 amide bonds. The van der Waals surface area contributed by atoms with Gasteiger partial charge < -0.3 is 19.9 Å². The Balaban J connectivity index is 2.31. The third kappa shape index (κ3) is 3.67. The van der Waals surface area contributed by atoms with Gasteiger partial charge in [0.2, 0.25) is 11.5 Å². The highest BCUT2D eigenvalue weighted by Gasteiger charge is 2.55. The van der Waals surface area contributed by atoms with Gasteiger partial charge in [-0.2, -0.15) is 10.2 Å². The minimum Gasteiger partial charge on any atom is -0.462 e. The van der Waals surface area contributed by atoms with Crippen LogP contribution < -0.4 is 11.0 Å². The molecule has 2 N–H and O–H groups in total. The molecule has 10 nitrogen and oxygen atoms in total. The Morgan fingerprint density at radius 3 is 2.76 bits per heavy atom. The molecule has 0 bridgehead atoms. The number of anilines is 1. The first-order valence-corrected chi connectivity index (χ1v) is 7.47. The number of nitrogens with one attached hydrogen (secondary N) is 1. The van der Waals surface area contributed by atoms with Crippen LogP contribution in [0.15, 0.2) is 17.1 Å². The van der Waals surface area contributed by atoms with Gasteiger partial charge in [0.25, 0.3) is 0 Å². The standard InChI is InChI=1S/C15H18N4O6/c1-8-12(22)15(6-16,7-24-10(3)21)25-13(8)19-5-4-11(17-9(2)20)18-14(19)23/h4-5,8,12-13,22H,7H2,1-3H3,(H,17,18,20,23). The zero-order chi connectivity index (χ0) is 18.8. The van der Waals surface area contributed by atoms with Crippen LogP contribution >= 0.6 is 0 Å². The number of ether oxygens (including phenoxy) is 2. The van der Waals surface area contributed by atoms with E-state index in [0.29, 0.717) is 0 Å². The molecule has 1 aliphatic rings. The molecule has 4 unspecified atom stereocenters. The molecule has 0 saturated carbocycles. The summed E-state index contributed by atoms with van der Waals surface area (Å²) in [5.41, 5.74) is -2.51. The fraction of sp³-hybridized carbons (Fsp3) is 0.533. The van der Waals surface area contributed by atoms with Crippen molar-refractivity contribution >= 4 is 17.7 Å². The van der Waals surface area contributed by atoms with E-state index in [1.165, 1.54) is 26.1 Å². The lowest BCUT2D eigenvalue weighted by atomic mass is 9.92. The number of hydrogen-bond donors (Lipinski definition) is 2. The molecule has 1 saturated heterocycles. The van der Waals surface area contributed by atoms with Gasteiger partial charge in [-0.15, -0.1) is 0 Å². The molecule has 2 rings (SSSR count). The van der Waals surface area contributed by atoms with Crippen molar-refractivity contribution in [1.82, 2.24) is 9.55 Å². The lowest BCUT2D eigenvalue weighted by molar-refractivity contribution is -0.154. The van der Waals surface area contributed by atoms with Crippen molar-refractivity contribution in [3.63, 3.8) is 0 Å². The van der Waals surface area contributed by atoms with Gasteiger partial charge in [0, 0.05) is 26.0 Å². The average molecular weight is 350 g/mol. The van der Waals surface area contributed by atoms with Crippen molar-refractivity contribution in [1.29, 1.82) is 5.26 Å². The quantitative estimate of drug-likeness (QED) is 0.695. The highest BCUT2D eigenvalue weighted by molar-refractivity contribution is 5.87. The lowest BCUT2D eigenvalue weighted by Gasteiger charge is -2.24. The van der Waals surface area contributed by atoms with E-state index in [4.69, 9.17) is 9.47 Å². The first kappa shape index (κ1) is 18.6. The molecule has 2 heterocycles. The smallest absolute Gasteiger partial charge is 0.351 e. The third-order valence-electron chi connectivity index (χ3n) is 3.84. The second-order valence-corrected chi connectivity index (χ2v) is 5.78. The summed E-state index contributed by atoms with van der Waals surface area (Å²) in [6.45, 7) is 3.58. The maximum Gasteiger partial charge on any atom is 0.351 e. The first-order valence-electron chi connectivity index (χ1n) is 7.47. The first-order chi connectivity index (χ1) is 11.7. The Morgan fingerprint density at radius 2 is 2.24 bits per heavy atom. The van der Waals surface area contributed by atoms with Gasteiger partial charge in [0.05, 0.1) is 0 Å². The number of aliphatic hydroxyl groups excluding tert-OH is 1. The van der Waals surface area contributed by atoms with Gasteiger partial charge in [-0.3, -0.25) is 14.2 Å². The number of esters is 1. The number of amides is 1. The number of rotatable bonds is 4. The molecule has 134 valence electrons. The molecular formula is C15H18N4O6. The molecule has 1 aliphatic heterocycles. The van der Waals surface area contributed by atoms with Gasteiger partial charge in [0.1, 0.15) is 30.8 Å². The van der Waals surface area contributed by atoms with Crippen LogP contribution in [0.4, 0.5) is 5.82 Å². The summed E-state index contributed by atoms with van der Waals surface area (Å²) in [6, 6.07) is 3.22.